The summed E-state index contributed by atoms with van der Waals surface area (Å²) in [6.07, 6.45) is 0. The normalized spacial score (nSPS) is 10.4. The number of ether oxygens (including phenoxy) is 2. The van der Waals surface area contributed by atoms with Gasteiger partial charge in [0.2, 0.25) is 5.82 Å². The number of anilines is 2. The molecule has 0 amide bonds. The molecule has 0 saturated carbocycles. The Morgan fingerprint density at radius 2 is 1.40 bits per heavy atom. The fraction of sp³-hybridized carbons (Fsp3) is 0.133. The zero-order chi connectivity index (χ0) is 18.7. The van der Waals surface area contributed by atoms with Crippen LogP contribution in [0.3, 0.4) is 0 Å². The molecule has 2 N–H and O–H groups in total. The molecule has 0 fully saturated rings. The molecule has 0 radical (unpaired) electrons. The van der Waals surface area contributed by atoms with Crippen molar-refractivity contribution in [1.82, 2.24) is 0 Å². The van der Waals surface area contributed by atoms with E-state index < -0.39 is 39.9 Å². The summed E-state index contributed by atoms with van der Waals surface area (Å²) in [6.45, 7) is 0. The topological polar surface area (TPSA) is 42.5 Å². The summed E-state index contributed by atoms with van der Waals surface area (Å²) in [5.41, 5.74) is -0.981. The number of benzene rings is 2. The molecule has 2 aromatic rings. The van der Waals surface area contributed by atoms with Gasteiger partial charge in [-0.3, -0.25) is 0 Å². The van der Waals surface area contributed by atoms with Crippen LogP contribution in [0.5, 0.6) is 11.5 Å². The lowest BCUT2D eigenvalue weighted by Crippen LogP contribution is -2.22. The lowest BCUT2D eigenvalue weighted by molar-refractivity contribution is 0.382. The van der Waals surface area contributed by atoms with E-state index in [1.807, 2.05) is 5.32 Å². The third kappa shape index (κ3) is 3.73. The number of nitrogens with one attached hydrogen (secondary N) is 2. The number of methoxy groups -OCH3 is 2. The van der Waals surface area contributed by atoms with Gasteiger partial charge in [-0.2, -0.15) is 0 Å². The number of halogens is 5. The van der Waals surface area contributed by atoms with E-state index in [1.165, 1.54) is 26.4 Å². The monoisotopic (exact) mass is 378 g/mol. The molecule has 0 aromatic heterocycles. The SMILES string of the molecule is COc1ccc(NC(=S)Nc2c(F)c(F)c(F)c(F)c2F)c(OC)c1. The second-order valence-corrected chi connectivity index (χ2v) is 5.00. The van der Waals surface area contributed by atoms with Crippen LogP contribution in [0.2, 0.25) is 0 Å². The zero-order valence-electron chi connectivity index (χ0n) is 12.8. The fourth-order valence-electron chi connectivity index (χ4n) is 1.88. The van der Waals surface area contributed by atoms with Crippen LogP contribution in [0.4, 0.5) is 33.3 Å². The minimum atomic E-state index is -2.25. The van der Waals surface area contributed by atoms with Gasteiger partial charge in [0.15, 0.2) is 28.4 Å². The van der Waals surface area contributed by atoms with Gasteiger partial charge in [0.25, 0.3) is 0 Å². The van der Waals surface area contributed by atoms with Crippen molar-refractivity contribution < 1.29 is 31.4 Å². The quantitative estimate of drug-likeness (QED) is 0.361. The molecule has 2 aromatic carbocycles. The van der Waals surface area contributed by atoms with Gasteiger partial charge in [0.1, 0.15) is 17.2 Å². The van der Waals surface area contributed by atoms with E-state index in [0.717, 1.165) is 0 Å². The van der Waals surface area contributed by atoms with Crippen molar-refractivity contribution >= 4 is 28.7 Å². The van der Waals surface area contributed by atoms with Crippen LogP contribution in [-0.4, -0.2) is 19.3 Å². The van der Waals surface area contributed by atoms with E-state index in [4.69, 9.17) is 21.7 Å². The Morgan fingerprint density at radius 3 is 1.92 bits per heavy atom. The largest absolute Gasteiger partial charge is 0.497 e. The molecule has 0 aliphatic carbocycles. The summed E-state index contributed by atoms with van der Waals surface area (Å²) in [5.74, 6) is -9.71. The Labute approximate surface area is 144 Å². The van der Waals surface area contributed by atoms with E-state index in [1.54, 1.807) is 6.07 Å². The van der Waals surface area contributed by atoms with Crippen LogP contribution >= 0.6 is 12.2 Å². The molecular weight excluding hydrogens is 367 g/mol. The third-order valence-corrected chi connectivity index (χ3v) is 3.31. The average molecular weight is 378 g/mol. The molecule has 0 bridgehead atoms. The van der Waals surface area contributed by atoms with Gasteiger partial charge >= 0.3 is 0 Å². The Kier molecular flexibility index (Phi) is 5.62. The summed E-state index contributed by atoms with van der Waals surface area (Å²) in [4.78, 5) is 0. The Balaban J connectivity index is 2.28. The van der Waals surface area contributed by atoms with Gasteiger partial charge in [-0.25, -0.2) is 22.0 Å². The summed E-state index contributed by atoms with van der Waals surface area (Å²) < 4.78 is 76.8. The van der Waals surface area contributed by atoms with Crippen molar-refractivity contribution in [2.45, 2.75) is 0 Å². The van der Waals surface area contributed by atoms with Crippen molar-refractivity contribution in [1.29, 1.82) is 0 Å². The van der Waals surface area contributed by atoms with E-state index in [-0.39, 0.29) is 11.4 Å². The van der Waals surface area contributed by atoms with Crippen molar-refractivity contribution in [3.8, 4) is 11.5 Å². The molecule has 0 atom stereocenters. The number of rotatable bonds is 4. The molecule has 0 unspecified atom stereocenters. The average Bonchev–Trinajstić information content (AvgIpc) is 2.62. The first-order chi connectivity index (χ1) is 11.8. The first kappa shape index (κ1) is 18.7. The molecular formula is C15H11F5N2O2S. The van der Waals surface area contributed by atoms with Crippen LogP contribution in [-0.2, 0) is 0 Å². The maximum Gasteiger partial charge on any atom is 0.200 e. The maximum absolute atomic E-state index is 13.6. The maximum atomic E-state index is 13.6. The van der Waals surface area contributed by atoms with Crippen LogP contribution in [0, 0.1) is 29.1 Å². The van der Waals surface area contributed by atoms with Crippen LogP contribution in [0.1, 0.15) is 0 Å². The van der Waals surface area contributed by atoms with Crippen LogP contribution in [0.25, 0.3) is 0 Å². The number of hydrogen-bond donors (Lipinski definition) is 2. The third-order valence-electron chi connectivity index (χ3n) is 3.11. The number of thiocarbonyl (C=S) groups is 1. The Hall–Kier alpha value is -2.62. The standard InChI is InChI=1S/C15H11F5N2O2S/c1-23-6-3-4-7(8(5-6)24-2)21-15(25)22-14-12(19)10(17)9(16)11(18)13(14)20/h3-5H,1-2H3,(H2,21,22,25). The van der Waals surface area contributed by atoms with Crippen LogP contribution in [0.15, 0.2) is 18.2 Å². The van der Waals surface area contributed by atoms with E-state index in [2.05, 4.69) is 5.32 Å². The van der Waals surface area contributed by atoms with E-state index in [0.29, 0.717) is 5.75 Å². The molecule has 0 heterocycles. The molecule has 0 aliphatic heterocycles. The Bertz CT molecular complexity index is 803. The van der Waals surface area contributed by atoms with Gasteiger partial charge in [0, 0.05) is 6.07 Å². The van der Waals surface area contributed by atoms with Gasteiger partial charge in [-0.1, -0.05) is 0 Å². The second kappa shape index (κ2) is 7.51. The zero-order valence-corrected chi connectivity index (χ0v) is 13.7. The van der Waals surface area contributed by atoms with Crippen molar-refractivity contribution in [2.24, 2.45) is 0 Å². The summed E-state index contributed by atoms with van der Waals surface area (Å²) in [5, 5.41) is 4.08. The highest BCUT2D eigenvalue weighted by molar-refractivity contribution is 7.80. The van der Waals surface area contributed by atoms with Gasteiger partial charge in [-0.15, -0.1) is 0 Å². The highest BCUT2D eigenvalue weighted by Gasteiger charge is 2.26. The van der Waals surface area contributed by atoms with E-state index >= 15 is 0 Å². The highest BCUT2D eigenvalue weighted by atomic mass is 32.1. The lowest BCUT2D eigenvalue weighted by Gasteiger charge is -2.15. The minimum absolute atomic E-state index is 0.279. The first-order valence-electron chi connectivity index (χ1n) is 6.61. The molecule has 10 heteroatoms. The van der Waals surface area contributed by atoms with Gasteiger partial charge in [-0.05, 0) is 24.4 Å². The molecule has 4 nitrogen and oxygen atoms in total. The van der Waals surface area contributed by atoms with Crippen molar-refractivity contribution in [3.05, 3.63) is 47.3 Å². The summed E-state index contributed by atoms with van der Waals surface area (Å²) >= 11 is 4.84. The molecule has 25 heavy (non-hydrogen) atoms. The molecule has 2 rings (SSSR count). The summed E-state index contributed by atoms with van der Waals surface area (Å²) in [7, 11) is 2.80. The highest BCUT2D eigenvalue weighted by Crippen LogP contribution is 2.30. The smallest absolute Gasteiger partial charge is 0.200 e. The predicted molar refractivity (Wildman–Crippen MR) is 85.6 cm³/mol. The van der Waals surface area contributed by atoms with Crippen LogP contribution < -0.4 is 20.1 Å². The molecule has 134 valence electrons. The lowest BCUT2D eigenvalue weighted by atomic mass is 10.2. The minimum Gasteiger partial charge on any atom is -0.497 e. The molecule has 0 saturated heterocycles. The summed E-state index contributed by atoms with van der Waals surface area (Å²) in [6, 6.07) is 4.54. The second-order valence-electron chi connectivity index (χ2n) is 4.59. The fourth-order valence-corrected chi connectivity index (χ4v) is 2.10. The van der Waals surface area contributed by atoms with E-state index in [9.17, 15) is 22.0 Å². The molecule has 0 aliphatic rings. The predicted octanol–water partition coefficient (Wildman–Crippen LogP) is 4.21. The van der Waals surface area contributed by atoms with Gasteiger partial charge in [0.05, 0.1) is 19.9 Å². The van der Waals surface area contributed by atoms with Crippen molar-refractivity contribution in [3.63, 3.8) is 0 Å². The number of hydrogen-bond acceptors (Lipinski definition) is 3. The Morgan fingerprint density at radius 1 is 0.840 bits per heavy atom. The molecule has 0 spiro atoms. The van der Waals surface area contributed by atoms with Crippen molar-refractivity contribution in [2.75, 3.05) is 24.9 Å². The van der Waals surface area contributed by atoms with Gasteiger partial charge < -0.3 is 20.1 Å². The first-order valence-corrected chi connectivity index (χ1v) is 7.02.